The molecule has 2 saturated heterocycles. The Labute approximate surface area is 89.0 Å². The van der Waals surface area contributed by atoms with Gasteiger partial charge in [-0.1, -0.05) is 12.2 Å². The Kier molecular flexibility index (Phi) is 3.18. The molecule has 0 amide bonds. The smallest absolute Gasteiger partial charge is 0.107 e. The molecular formula is C11H23BN2. The lowest BCUT2D eigenvalue weighted by Crippen LogP contribution is -2.57. The van der Waals surface area contributed by atoms with Crippen LogP contribution < -0.4 is 0 Å². The van der Waals surface area contributed by atoms with Crippen LogP contribution in [0.15, 0.2) is 0 Å². The molecule has 0 radical (unpaired) electrons. The molecule has 0 saturated carbocycles. The van der Waals surface area contributed by atoms with Gasteiger partial charge in [-0.2, -0.15) is 0 Å². The molecule has 0 spiro atoms. The molecule has 0 aliphatic carbocycles. The van der Waals surface area contributed by atoms with E-state index >= 15 is 0 Å². The number of piperidine rings is 1. The van der Waals surface area contributed by atoms with Crippen LogP contribution in [0.4, 0.5) is 0 Å². The van der Waals surface area contributed by atoms with E-state index in [1.165, 1.54) is 39.0 Å². The number of nitrogens with zero attached hydrogens (tertiary/aromatic N) is 2. The van der Waals surface area contributed by atoms with Crippen molar-refractivity contribution in [2.24, 2.45) is 0 Å². The zero-order valence-electron chi connectivity index (χ0n) is 9.87. The second-order valence-corrected chi connectivity index (χ2v) is 5.42. The van der Waals surface area contributed by atoms with Crippen LogP contribution >= 0.6 is 0 Å². The summed E-state index contributed by atoms with van der Waals surface area (Å²) < 4.78 is 0. The zero-order chi connectivity index (χ0) is 10.1. The third kappa shape index (κ3) is 2.14. The average Bonchev–Trinajstić information content (AvgIpc) is 2.16. The normalized spacial score (nSPS) is 35.9. The molecule has 0 aromatic carbocycles. The minimum atomic E-state index is 0.733. The van der Waals surface area contributed by atoms with Crippen molar-refractivity contribution < 1.29 is 0 Å². The Morgan fingerprint density at radius 2 is 1.93 bits per heavy atom. The zero-order valence-corrected chi connectivity index (χ0v) is 9.87. The van der Waals surface area contributed by atoms with E-state index in [2.05, 4.69) is 31.5 Å². The summed E-state index contributed by atoms with van der Waals surface area (Å²) in [5.74, 6) is 0.928. The summed E-state index contributed by atoms with van der Waals surface area (Å²) in [6.07, 6.45) is 2.86. The van der Waals surface area contributed by atoms with Crippen LogP contribution in [0.1, 0.15) is 26.7 Å². The van der Waals surface area contributed by atoms with Crippen LogP contribution in [0.25, 0.3) is 0 Å². The molecular weight excluding hydrogens is 171 g/mol. The second-order valence-electron chi connectivity index (χ2n) is 5.42. The summed E-state index contributed by atoms with van der Waals surface area (Å²) in [6, 6.07) is 1.60. The molecule has 0 aromatic heterocycles. The van der Waals surface area contributed by atoms with Crippen molar-refractivity contribution in [3.8, 4) is 0 Å². The van der Waals surface area contributed by atoms with Crippen LogP contribution in [0.2, 0.25) is 5.82 Å². The van der Waals surface area contributed by atoms with Gasteiger partial charge in [0.2, 0.25) is 0 Å². The van der Waals surface area contributed by atoms with Crippen LogP contribution in [0.3, 0.4) is 0 Å². The average molecular weight is 194 g/mol. The van der Waals surface area contributed by atoms with Gasteiger partial charge in [0.25, 0.3) is 0 Å². The predicted octanol–water partition coefficient (Wildman–Crippen LogP) is 0.596. The van der Waals surface area contributed by atoms with E-state index in [-0.39, 0.29) is 0 Å². The molecule has 14 heavy (non-hydrogen) atoms. The molecule has 0 aromatic rings. The predicted molar refractivity (Wildman–Crippen MR) is 63.6 cm³/mol. The molecule has 2 atom stereocenters. The topological polar surface area (TPSA) is 6.48 Å². The monoisotopic (exact) mass is 194 g/mol. The molecule has 2 unspecified atom stereocenters. The Morgan fingerprint density at radius 3 is 2.64 bits per heavy atom. The Balaban J connectivity index is 1.91. The fourth-order valence-corrected chi connectivity index (χ4v) is 2.87. The summed E-state index contributed by atoms with van der Waals surface area (Å²) >= 11 is 0. The Bertz CT molecular complexity index is 196. The molecule has 80 valence electrons. The minimum Gasteiger partial charge on any atom is -0.298 e. The first kappa shape index (κ1) is 10.5. The standard InChI is InChI=1S/C11H23BN2/c1-9(2)13-5-6-14-7-10(12)3-4-11(14)8-13/h9-11H,3-8,12H2,1-2H3. The summed E-state index contributed by atoms with van der Waals surface area (Å²) in [4.78, 5) is 5.35. The second kappa shape index (κ2) is 4.24. The highest BCUT2D eigenvalue weighted by molar-refractivity contribution is 6.11. The summed E-state index contributed by atoms with van der Waals surface area (Å²) in [6.45, 7) is 9.87. The van der Waals surface area contributed by atoms with Gasteiger partial charge in [-0.3, -0.25) is 9.80 Å². The fraction of sp³-hybridized carbons (Fsp3) is 1.00. The lowest BCUT2D eigenvalue weighted by molar-refractivity contribution is 0.0352. The van der Waals surface area contributed by atoms with Gasteiger partial charge in [-0.25, -0.2) is 0 Å². The minimum absolute atomic E-state index is 0.733. The van der Waals surface area contributed by atoms with E-state index in [9.17, 15) is 0 Å². The van der Waals surface area contributed by atoms with Gasteiger partial charge >= 0.3 is 0 Å². The largest absolute Gasteiger partial charge is 0.298 e. The van der Waals surface area contributed by atoms with E-state index in [0.29, 0.717) is 0 Å². The van der Waals surface area contributed by atoms with Gasteiger partial charge < -0.3 is 0 Å². The number of hydrogen-bond acceptors (Lipinski definition) is 2. The third-order valence-electron chi connectivity index (χ3n) is 3.91. The SMILES string of the molecule is BC1CCC2CN(C(C)C)CCN2C1. The molecule has 2 fully saturated rings. The first-order chi connectivity index (χ1) is 6.66. The Morgan fingerprint density at radius 1 is 1.14 bits per heavy atom. The van der Waals surface area contributed by atoms with Crippen LogP contribution in [0.5, 0.6) is 0 Å². The molecule has 0 N–H and O–H groups in total. The fourth-order valence-electron chi connectivity index (χ4n) is 2.87. The maximum absolute atomic E-state index is 2.72. The van der Waals surface area contributed by atoms with Crippen molar-refractivity contribution in [3.05, 3.63) is 0 Å². The summed E-state index contributed by atoms with van der Waals surface area (Å²) in [5.41, 5.74) is 0. The van der Waals surface area contributed by atoms with E-state index in [4.69, 9.17) is 0 Å². The number of hydrogen-bond donors (Lipinski definition) is 0. The molecule has 2 rings (SSSR count). The van der Waals surface area contributed by atoms with Crippen molar-refractivity contribution in [2.45, 2.75) is 44.6 Å². The van der Waals surface area contributed by atoms with Gasteiger partial charge in [-0.15, -0.1) is 0 Å². The molecule has 2 aliphatic heterocycles. The van der Waals surface area contributed by atoms with Gasteiger partial charge in [0, 0.05) is 31.7 Å². The van der Waals surface area contributed by atoms with Crippen molar-refractivity contribution in [2.75, 3.05) is 26.2 Å². The summed E-state index contributed by atoms with van der Waals surface area (Å²) in [5, 5.41) is 0. The van der Waals surface area contributed by atoms with Gasteiger partial charge in [0.1, 0.15) is 7.85 Å². The number of piperazine rings is 1. The van der Waals surface area contributed by atoms with Gasteiger partial charge in [0.05, 0.1) is 0 Å². The lowest BCUT2D eigenvalue weighted by Gasteiger charge is -2.47. The van der Waals surface area contributed by atoms with E-state index in [1.54, 1.807) is 0 Å². The van der Waals surface area contributed by atoms with Crippen LogP contribution in [0, 0.1) is 0 Å². The molecule has 2 nitrogen and oxygen atoms in total. The quantitative estimate of drug-likeness (QED) is 0.564. The van der Waals surface area contributed by atoms with Gasteiger partial charge in [-0.05, 0) is 26.8 Å². The van der Waals surface area contributed by atoms with Crippen molar-refractivity contribution >= 4 is 7.85 Å². The van der Waals surface area contributed by atoms with Crippen LogP contribution in [-0.2, 0) is 0 Å². The highest BCUT2D eigenvalue weighted by Gasteiger charge is 2.31. The maximum Gasteiger partial charge on any atom is 0.107 e. The number of rotatable bonds is 1. The van der Waals surface area contributed by atoms with Crippen molar-refractivity contribution in [1.29, 1.82) is 0 Å². The van der Waals surface area contributed by atoms with Crippen LogP contribution in [-0.4, -0.2) is 55.9 Å². The van der Waals surface area contributed by atoms with Crippen molar-refractivity contribution in [1.82, 2.24) is 9.80 Å². The molecule has 3 heteroatoms. The van der Waals surface area contributed by atoms with Gasteiger partial charge in [0.15, 0.2) is 0 Å². The van der Waals surface area contributed by atoms with E-state index < -0.39 is 0 Å². The molecule has 0 bridgehead atoms. The highest BCUT2D eigenvalue weighted by Crippen LogP contribution is 2.26. The van der Waals surface area contributed by atoms with E-state index in [1.807, 2.05) is 0 Å². The first-order valence-corrected chi connectivity index (χ1v) is 6.15. The first-order valence-electron chi connectivity index (χ1n) is 6.15. The molecule has 2 heterocycles. The number of fused-ring (bicyclic) bond motifs is 1. The summed E-state index contributed by atoms with van der Waals surface area (Å²) in [7, 11) is 2.39. The van der Waals surface area contributed by atoms with Crippen molar-refractivity contribution in [3.63, 3.8) is 0 Å². The third-order valence-corrected chi connectivity index (χ3v) is 3.91. The Hall–Kier alpha value is -0.0151. The maximum atomic E-state index is 2.72. The lowest BCUT2D eigenvalue weighted by atomic mass is 9.78. The molecule has 2 aliphatic rings. The van der Waals surface area contributed by atoms with E-state index in [0.717, 1.165) is 17.9 Å². The highest BCUT2D eigenvalue weighted by atomic mass is 15.3.